The van der Waals surface area contributed by atoms with Crippen LogP contribution in [0, 0.1) is 0 Å². The third kappa shape index (κ3) is 48.3. The number of ether oxygens (including phenoxy) is 2. The molecule has 0 aliphatic heterocycles. The average Bonchev–Trinajstić information content (AvgIpc) is 3.24. The third-order valence-electron chi connectivity index (χ3n) is 11.7. The van der Waals surface area contributed by atoms with Crippen molar-refractivity contribution in [2.45, 2.75) is 277 Å². The van der Waals surface area contributed by atoms with Crippen LogP contribution in [0.15, 0.2) is 12.2 Å². The van der Waals surface area contributed by atoms with Crippen molar-refractivity contribution in [3.8, 4) is 0 Å². The number of phosphoric acid groups is 1. The zero-order valence-corrected chi connectivity index (χ0v) is 40.9. The minimum Gasteiger partial charge on any atom is -0.457 e. The number of rotatable bonds is 51. The first-order valence-corrected chi connectivity index (χ1v) is 27.7. The summed E-state index contributed by atoms with van der Waals surface area (Å²) in [6.07, 6.45) is 55.3. The molecule has 0 aromatic carbocycles. The van der Waals surface area contributed by atoms with E-state index >= 15 is 0 Å². The van der Waals surface area contributed by atoms with Gasteiger partial charge in [-0.3, -0.25) is 13.8 Å². The molecule has 0 radical (unpaired) electrons. The Morgan fingerprint density at radius 1 is 0.483 bits per heavy atom. The summed E-state index contributed by atoms with van der Waals surface area (Å²) >= 11 is 0. The lowest BCUT2D eigenvalue weighted by atomic mass is 10.0. The Morgan fingerprint density at radius 3 is 1.22 bits per heavy atom. The average molecular weight is 872 g/mol. The lowest BCUT2D eigenvalue weighted by Crippen LogP contribution is -2.28. The Hall–Kier alpha value is -0.760. The largest absolute Gasteiger partial charge is 0.472 e. The Morgan fingerprint density at radius 2 is 0.833 bits per heavy atom. The normalized spacial score (nSPS) is 13.3. The van der Waals surface area contributed by atoms with E-state index in [1.54, 1.807) is 0 Å². The topological polar surface area (TPSA) is 117 Å². The van der Waals surface area contributed by atoms with E-state index in [0.29, 0.717) is 13.0 Å². The van der Waals surface area contributed by atoms with Gasteiger partial charge in [-0.2, -0.15) is 0 Å². The number of esters is 1. The maximum Gasteiger partial charge on any atom is 0.472 e. The van der Waals surface area contributed by atoms with Crippen molar-refractivity contribution in [3.63, 3.8) is 0 Å². The van der Waals surface area contributed by atoms with Gasteiger partial charge in [-0.25, -0.2) is 4.57 Å². The van der Waals surface area contributed by atoms with Gasteiger partial charge >= 0.3 is 13.8 Å². The van der Waals surface area contributed by atoms with E-state index in [4.69, 9.17) is 24.3 Å². The number of carbonyl (C=O) groups is 1. The van der Waals surface area contributed by atoms with Crippen LogP contribution in [-0.2, 0) is 27.9 Å². The number of unbranched alkanes of at least 4 members (excludes halogenated alkanes) is 36. The smallest absolute Gasteiger partial charge is 0.457 e. The summed E-state index contributed by atoms with van der Waals surface area (Å²) in [5.41, 5.74) is 5.39. The van der Waals surface area contributed by atoms with Gasteiger partial charge in [0.2, 0.25) is 0 Å². The Kier molecular flexibility index (Phi) is 48.6. The minimum absolute atomic E-state index is 0.0918. The number of carbonyl (C=O) groups excluding carboxylic acids is 1. The molecule has 2 atom stereocenters. The minimum atomic E-state index is -4.28. The summed E-state index contributed by atoms with van der Waals surface area (Å²) in [4.78, 5) is 22.6. The molecule has 3 N–H and O–H groups in total. The predicted octanol–water partition coefficient (Wildman–Crippen LogP) is 16.2. The molecule has 60 heavy (non-hydrogen) atoms. The molecule has 0 bridgehead atoms. The molecule has 0 aromatic rings. The molecule has 9 heteroatoms. The summed E-state index contributed by atoms with van der Waals surface area (Å²) in [5, 5.41) is 0. The van der Waals surface area contributed by atoms with Crippen molar-refractivity contribution in [1.82, 2.24) is 0 Å². The SMILES string of the molecule is CCCCCCCC/C=C\CCCCCCCCCCCCOCC(COP(=O)(O)OCCN)OC(=O)CCCCCCCCCCCCCCCCCCCCCCC. The summed E-state index contributed by atoms with van der Waals surface area (Å²) in [5.74, 6) is -0.323. The van der Waals surface area contributed by atoms with E-state index in [0.717, 1.165) is 32.1 Å². The molecule has 358 valence electrons. The molecule has 2 unspecified atom stereocenters. The first-order valence-electron chi connectivity index (χ1n) is 26.2. The second-order valence-electron chi connectivity index (χ2n) is 17.7. The van der Waals surface area contributed by atoms with Crippen molar-refractivity contribution in [1.29, 1.82) is 0 Å². The number of phosphoric ester groups is 1. The molecular formula is C51H102NO7P. The van der Waals surface area contributed by atoms with Gasteiger partial charge in [0.15, 0.2) is 0 Å². The van der Waals surface area contributed by atoms with Crippen molar-refractivity contribution >= 4 is 13.8 Å². The third-order valence-corrected chi connectivity index (χ3v) is 12.7. The fourth-order valence-corrected chi connectivity index (χ4v) is 8.58. The van der Waals surface area contributed by atoms with E-state index in [9.17, 15) is 14.3 Å². The summed E-state index contributed by atoms with van der Waals surface area (Å²) in [7, 11) is -4.28. The molecule has 0 spiro atoms. The first kappa shape index (κ1) is 59.2. The Labute approximate surface area is 373 Å². The highest BCUT2D eigenvalue weighted by molar-refractivity contribution is 7.47. The van der Waals surface area contributed by atoms with Gasteiger partial charge in [0.25, 0.3) is 0 Å². The molecule has 0 heterocycles. The molecule has 0 fully saturated rings. The first-order chi connectivity index (χ1) is 29.4. The fraction of sp³-hybridized carbons (Fsp3) is 0.941. The number of hydrogen-bond donors (Lipinski definition) is 2. The second-order valence-corrected chi connectivity index (χ2v) is 19.2. The van der Waals surface area contributed by atoms with Crippen LogP contribution in [-0.4, -0.2) is 49.9 Å². The summed E-state index contributed by atoms with van der Waals surface area (Å²) in [6.45, 7) is 4.99. The standard InChI is InChI=1S/C51H102NO7P/c1-3-5-7-9-11-13-15-17-19-21-23-25-26-28-30-32-34-36-38-40-42-44-51(53)59-50(49-58-60(54,55)57-47-45-52)48-56-46-43-41-39-37-35-33-31-29-27-24-22-20-18-16-14-12-10-8-6-4-2/h18,20,50H,3-17,19,21-49,52H2,1-2H3,(H,54,55)/b20-18-. The van der Waals surface area contributed by atoms with Crippen molar-refractivity contribution < 1.29 is 32.8 Å². The second kappa shape index (κ2) is 49.3. The molecule has 0 aliphatic rings. The zero-order valence-electron chi connectivity index (χ0n) is 40.0. The van der Waals surface area contributed by atoms with E-state index in [-0.39, 0.29) is 32.3 Å². The van der Waals surface area contributed by atoms with E-state index < -0.39 is 13.9 Å². The highest BCUT2D eigenvalue weighted by Crippen LogP contribution is 2.43. The van der Waals surface area contributed by atoms with Gasteiger partial charge < -0.3 is 20.1 Å². The van der Waals surface area contributed by atoms with E-state index in [1.165, 1.54) is 218 Å². The van der Waals surface area contributed by atoms with Crippen LogP contribution in [0.25, 0.3) is 0 Å². The summed E-state index contributed by atoms with van der Waals surface area (Å²) in [6, 6.07) is 0. The lowest BCUT2D eigenvalue weighted by molar-refractivity contribution is -0.154. The van der Waals surface area contributed by atoms with E-state index in [1.807, 2.05) is 0 Å². The molecule has 8 nitrogen and oxygen atoms in total. The van der Waals surface area contributed by atoms with Crippen LogP contribution in [0.1, 0.15) is 271 Å². The van der Waals surface area contributed by atoms with Crippen molar-refractivity contribution in [2.24, 2.45) is 5.73 Å². The van der Waals surface area contributed by atoms with Gasteiger partial charge in [-0.05, 0) is 38.5 Å². The van der Waals surface area contributed by atoms with Crippen LogP contribution < -0.4 is 5.73 Å². The molecule has 0 saturated heterocycles. The molecule has 0 amide bonds. The molecule has 0 aromatic heterocycles. The Balaban J connectivity index is 3.89. The highest BCUT2D eigenvalue weighted by atomic mass is 31.2. The lowest BCUT2D eigenvalue weighted by Gasteiger charge is -2.20. The summed E-state index contributed by atoms with van der Waals surface area (Å²) < 4.78 is 33.6. The molecule has 0 aliphatic carbocycles. The maximum atomic E-state index is 12.7. The highest BCUT2D eigenvalue weighted by Gasteiger charge is 2.25. The van der Waals surface area contributed by atoms with Gasteiger partial charge in [0, 0.05) is 19.6 Å². The zero-order chi connectivity index (χ0) is 43.7. The van der Waals surface area contributed by atoms with Crippen LogP contribution in [0.5, 0.6) is 0 Å². The van der Waals surface area contributed by atoms with Crippen molar-refractivity contribution in [2.75, 3.05) is 33.0 Å². The predicted molar refractivity (Wildman–Crippen MR) is 257 cm³/mol. The van der Waals surface area contributed by atoms with Crippen LogP contribution in [0.2, 0.25) is 0 Å². The van der Waals surface area contributed by atoms with Crippen LogP contribution >= 0.6 is 7.82 Å². The monoisotopic (exact) mass is 872 g/mol. The van der Waals surface area contributed by atoms with Crippen LogP contribution in [0.3, 0.4) is 0 Å². The molecular weight excluding hydrogens is 770 g/mol. The van der Waals surface area contributed by atoms with Crippen molar-refractivity contribution in [3.05, 3.63) is 12.2 Å². The fourth-order valence-electron chi connectivity index (χ4n) is 7.82. The van der Waals surface area contributed by atoms with Gasteiger partial charge in [-0.15, -0.1) is 0 Å². The quantitative estimate of drug-likeness (QED) is 0.0269. The molecule has 0 rings (SSSR count). The Bertz CT molecular complexity index is 935. The number of allylic oxidation sites excluding steroid dienone is 2. The van der Waals surface area contributed by atoms with Gasteiger partial charge in [0.05, 0.1) is 19.8 Å². The number of nitrogens with two attached hydrogens (primary N) is 1. The van der Waals surface area contributed by atoms with E-state index in [2.05, 4.69) is 26.0 Å². The number of hydrogen-bond acceptors (Lipinski definition) is 7. The molecule has 0 saturated carbocycles. The van der Waals surface area contributed by atoms with Crippen LogP contribution in [0.4, 0.5) is 0 Å². The van der Waals surface area contributed by atoms with Gasteiger partial charge in [-0.1, -0.05) is 238 Å². The van der Waals surface area contributed by atoms with Gasteiger partial charge in [0.1, 0.15) is 6.10 Å². The maximum absolute atomic E-state index is 12.7.